The van der Waals surface area contributed by atoms with Crippen molar-refractivity contribution >= 4 is 98.6 Å². The highest BCUT2D eigenvalue weighted by molar-refractivity contribution is 6.16. The number of para-hydroxylation sites is 8. The maximum Gasteiger partial charge on any atom is 0.418 e. The molecule has 0 fully saturated rings. The van der Waals surface area contributed by atoms with E-state index in [0.717, 1.165) is 134 Å². The molecule has 7 nitrogen and oxygen atoms in total. The minimum atomic E-state index is -4.96. The lowest BCUT2D eigenvalue weighted by Crippen LogP contribution is -2.15. The van der Waals surface area contributed by atoms with Crippen molar-refractivity contribution < 1.29 is 39.5 Å². The largest absolute Gasteiger partial charge is 0.418 e. The molecule has 0 aliphatic rings. The fourth-order valence-electron chi connectivity index (χ4n) is 15.5. The minimum Gasteiger partial charge on any atom is -0.307 e. The molecule has 500 valence electrons. The van der Waals surface area contributed by atoms with Crippen LogP contribution in [0.25, 0.3) is 142 Å². The molecule has 0 bridgehead atoms. The van der Waals surface area contributed by atoms with Crippen molar-refractivity contribution in [3.05, 3.63) is 296 Å². The zero-order valence-electron chi connectivity index (χ0n) is 56.2. The molecule has 0 radical (unpaired) electrons. The molecule has 0 spiro atoms. The first-order valence-electron chi connectivity index (χ1n) is 32.7. The second-order valence-corrected chi connectivity index (χ2v) is 26.3. The third-order valence-corrected chi connectivity index (χ3v) is 19.8. The van der Waals surface area contributed by atoms with Crippen LogP contribution >= 0.6 is 0 Å². The number of nitriles is 1. The molecule has 0 aliphatic carbocycles. The summed E-state index contributed by atoms with van der Waals surface area (Å²) in [4.78, 5) is 6.62. The maximum absolute atomic E-state index is 15.9. The second-order valence-electron chi connectivity index (χ2n) is 26.3. The predicted molar refractivity (Wildman–Crippen MR) is 391 cm³/mol. The van der Waals surface area contributed by atoms with E-state index in [2.05, 4.69) is 75.1 Å². The summed E-state index contributed by atoms with van der Waals surface area (Å²) in [5.74, 6) is 0. The Morgan fingerprint density at radius 3 is 0.824 bits per heavy atom. The molecule has 0 atom stereocenters. The maximum atomic E-state index is 15.9. The zero-order chi connectivity index (χ0) is 71.9. The molecule has 4 heterocycles. The van der Waals surface area contributed by atoms with Gasteiger partial charge >= 0.3 is 18.5 Å². The van der Waals surface area contributed by atoms with Crippen molar-refractivity contribution in [1.29, 1.82) is 5.26 Å². The molecule has 16 rings (SSSR count). The number of hydrogen-bond acceptors (Lipinski definition) is 1. The number of alkyl halides is 9. The Bertz CT molecular complexity index is 6180. The minimum absolute atomic E-state index is 0.103. The molecule has 16 heteroatoms. The van der Waals surface area contributed by atoms with E-state index in [9.17, 15) is 31.6 Å². The SMILES string of the molecule is [C-]#[N+]c1cc(-c2cc(-n3c4c(C)cccc4c4cccc(C)c43)c(-n3c4c(C)cccc4c4cccc(C)c43)c(C(F)(F)F)c2)cc(C(F)(F)F)c1.[C-]#[N+]c1cc(-c2cc(C#N)c(-n3c4c(C)cccc4c4cccc(C)c43)c(-n3c4c(C)cccc4c4cccc(C)c43)c2)cc(C(F)(F)F)c1. The van der Waals surface area contributed by atoms with Gasteiger partial charge in [0.05, 0.1) is 91.2 Å². The Balaban J connectivity index is 0.000000165. The van der Waals surface area contributed by atoms with Gasteiger partial charge in [-0.2, -0.15) is 44.8 Å². The molecule has 0 unspecified atom stereocenters. The van der Waals surface area contributed by atoms with Gasteiger partial charge < -0.3 is 18.3 Å². The standard InChI is InChI=1S/C43H29F6N3.C43H29F3N4/c1-23-10-6-14-31-32-15-7-11-24(2)38(32)51(37(23)31)36-21-28(27-18-29(42(44,45)46)22-30(19-27)50-5)20-35(43(47,48)49)41(36)52-39-25(3)12-8-16-33(39)34-17-9-13-26(4)40(34)52;1-24-10-6-14-33-34-15-7-11-25(2)39(34)49(38(24)33)37-21-28(29-19-31(43(44,45)46)22-32(20-29)48-5)18-30(23-47)42(37)50-40-26(3)12-8-16-35(40)36-17-9-13-27(4)41(36)50/h6-22H,1-4H3;6-22H,1-4H3. The van der Waals surface area contributed by atoms with Gasteiger partial charge in [-0.05, 0) is 183 Å². The highest BCUT2D eigenvalue weighted by Gasteiger charge is 2.40. The number of aromatic nitrogens is 4. The molecule has 102 heavy (non-hydrogen) atoms. The van der Waals surface area contributed by atoms with Gasteiger partial charge in [0.25, 0.3) is 0 Å². The van der Waals surface area contributed by atoms with Gasteiger partial charge in [0.2, 0.25) is 0 Å². The molecule has 0 aliphatic heterocycles. The first-order valence-corrected chi connectivity index (χ1v) is 32.7. The molecule has 4 aromatic heterocycles. The number of hydrogen-bond donors (Lipinski definition) is 0. The molecular weight excluding hydrogens is 1300 g/mol. The fraction of sp³-hybridized carbons (Fsp3) is 0.128. The summed E-state index contributed by atoms with van der Waals surface area (Å²) in [5, 5.41) is 18.4. The highest BCUT2D eigenvalue weighted by atomic mass is 19.4. The van der Waals surface area contributed by atoms with Crippen LogP contribution < -0.4 is 0 Å². The molecule has 0 amide bonds. The summed E-state index contributed by atoms with van der Waals surface area (Å²) in [6.45, 7) is 30.8. The molecule has 12 aromatic carbocycles. The third kappa shape index (κ3) is 10.4. The summed E-state index contributed by atoms with van der Waals surface area (Å²) in [7, 11) is 0. The molecule has 0 saturated carbocycles. The Kier molecular flexibility index (Phi) is 15.4. The summed E-state index contributed by atoms with van der Waals surface area (Å²) in [6, 6.07) is 61.9. The van der Waals surface area contributed by atoms with E-state index in [0.29, 0.717) is 50.6 Å². The van der Waals surface area contributed by atoms with Crippen LogP contribution in [0.3, 0.4) is 0 Å². The van der Waals surface area contributed by atoms with Gasteiger partial charge in [-0.25, -0.2) is 9.69 Å². The van der Waals surface area contributed by atoms with E-state index in [4.69, 9.17) is 13.1 Å². The van der Waals surface area contributed by atoms with Crippen LogP contribution in [0.5, 0.6) is 0 Å². The normalized spacial score (nSPS) is 12.1. The number of halogens is 9. The first-order chi connectivity index (χ1) is 48.7. The molecule has 16 aromatic rings. The first kappa shape index (κ1) is 65.6. The van der Waals surface area contributed by atoms with Gasteiger partial charge in [-0.3, -0.25) is 0 Å². The quantitative estimate of drug-likeness (QED) is 0.121. The van der Waals surface area contributed by atoms with Crippen LogP contribution in [0.2, 0.25) is 0 Å². The molecular formula is C86H58F9N7. The van der Waals surface area contributed by atoms with Gasteiger partial charge in [-0.1, -0.05) is 146 Å². The predicted octanol–water partition coefficient (Wildman–Crippen LogP) is 25.6. The van der Waals surface area contributed by atoms with Crippen LogP contribution in [-0.4, -0.2) is 18.3 Å². The van der Waals surface area contributed by atoms with Crippen molar-refractivity contribution in [2.75, 3.05) is 0 Å². The van der Waals surface area contributed by atoms with Crippen LogP contribution in [0.1, 0.15) is 66.8 Å². The summed E-state index contributed by atoms with van der Waals surface area (Å²) < 4.78 is 140. The van der Waals surface area contributed by atoms with Crippen molar-refractivity contribution in [3.8, 4) is 51.1 Å². The number of rotatable bonds is 6. The van der Waals surface area contributed by atoms with Gasteiger partial charge in [-0.15, -0.1) is 0 Å². The Morgan fingerprint density at radius 1 is 0.304 bits per heavy atom. The fourth-order valence-corrected chi connectivity index (χ4v) is 15.5. The Labute approximate surface area is 579 Å². The van der Waals surface area contributed by atoms with E-state index >= 15 is 13.2 Å². The lowest BCUT2D eigenvalue weighted by atomic mass is 9.96. The number of nitrogens with zero attached hydrogens (tertiary/aromatic N) is 7. The third-order valence-electron chi connectivity index (χ3n) is 19.8. The van der Waals surface area contributed by atoms with Crippen LogP contribution in [0.15, 0.2) is 206 Å². The van der Waals surface area contributed by atoms with Crippen molar-refractivity contribution in [1.82, 2.24) is 18.3 Å². The lowest BCUT2D eigenvalue weighted by Gasteiger charge is -2.24. The Hall–Kier alpha value is -12.3. The summed E-state index contributed by atoms with van der Waals surface area (Å²) >= 11 is 0. The van der Waals surface area contributed by atoms with E-state index in [-0.39, 0.29) is 39.4 Å². The smallest absolute Gasteiger partial charge is 0.307 e. The Morgan fingerprint density at radius 2 is 0.559 bits per heavy atom. The lowest BCUT2D eigenvalue weighted by molar-refractivity contribution is -0.138. The van der Waals surface area contributed by atoms with E-state index < -0.39 is 35.2 Å². The van der Waals surface area contributed by atoms with E-state index in [1.54, 1.807) is 16.7 Å². The van der Waals surface area contributed by atoms with Crippen molar-refractivity contribution in [2.24, 2.45) is 0 Å². The summed E-state index contributed by atoms with van der Waals surface area (Å²) in [5.41, 5.74) is 11.9. The van der Waals surface area contributed by atoms with E-state index in [1.807, 2.05) is 161 Å². The van der Waals surface area contributed by atoms with Crippen molar-refractivity contribution in [2.45, 2.75) is 73.9 Å². The average molecular weight is 1360 g/mol. The van der Waals surface area contributed by atoms with E-state index in [1.165, 1.54) is 12.1 Å². The van der Waals surface area contributed by atoms with Crippen molar-refractivity contribution in [3.63, 3.8) is 0 Å². The monoisotopic (exact) mass is 1360 g/mol. The van der Waals surface area contributed by atoms with Gasteiger partial charge in [0.1, 0.15) is 6.07 Å². The topological polar surface area (TPSA) is 52.2 Å². The zero-order valence-corrected chi connectivity index (χ0v) is 56.2. The van der Waals surface area contributed by atoms with Crippen LogP contribution in [-0.2, 0) is 18.5 Å². The number of benzene rings is 12. The van der Waals surface area contributed by atoms with Crippen LogP contribution in [0.4, 0.5) is 50.9 Å². The second kappa shape index (κ2) is 24.0. The van der Waals surface area contributed by atoms with Gasteiger partial charge in [0, 0.05) is 54.2 Å². The number of fused-ring (bicyclic) bond motifs is 12. The molecule has 0 saturated heterocycles. The van der Waals surface area contributed by atoms with Crippen LogP contribution in [0, 0.1) is 79.9 Å². The number of aryl methyl sites for hydroxylation is 8. The van der Waals surface area contributed by atoms with Gasteiger partial charge in [0.15, 0.2) is 11.4 Å². The summed E-state index contributed by atoms with van der Waals surface area (Å²) in [6.07, 6.45) is -14.4. The molecule has 0 N–H and O–H groups in total. The highest BCUT2D eigenvalue weighted by Crippen LogP contribution is 2.50. The average Bonchev–Trinajstić information content (AvgIpc) is 1.53.